The van der Waals surface area contributed by atoms with Gasteiger partial charge in [-0.05, 0) is 30.7 Å². The number of ether oxygens (including phenoxy) is 1. The van der Waals surface area contributed by atoms with Crippen molar-refractivity contribution in [3.63, 3.8) is 0 Å². The number of aryl methyl sites for hydroxylation is 1. The predicted octanol–water partition coefficient (Wildman–Crippen LogP) is 3.34. The van der Waals surface area contributed by atoms with E-state index in [-0.39, 0.29) is 24.0 Å². The van der Waals surface area contributed by atoms with E-state index in [1.165, 1.54) is 12.1 Å². The van der Waals surface area contributed by atoms with E-state index < -0.39 is 11.6 Å². The van der Waals surface area contributed by atoms with Crippen molar-refractivity contribution in [2.24, 2.45) is 5.73 Å². The van der Waals surface area contributed by atoms with Crippen LogP contribution in [0.5, 0.6) is 11.6 Å². The number of halogens is 3. The van der Waals surface area contributed by atoms with Crippen molar-refractivity contribution in [1.82, 2.24) is 4.98 Å². The van der Waals surface area contributed by atoms with Gasteiger partial charge in [-0.15, -0.1) is 12.4 Å². The Morgan fingerprint density at radius 3 is 2.68 bits per heavy atom. The molecule has 0 spiro atoms. The van der Waals surface area contributed by atoms with E-state index in [1.807, 2.05) is 0 Å². The van der Waals surface area contributed by atoms with Crippen molar-refractivity contribution in [2.45, 2.75) is 13.5 Å². The van der Waals surface area contributed by atoms with Crippen LogP contribution in [0, 0.1) is 18.6 Å². The summed E-state index contributed by atoms with van der Waals surface area (Å²) >= 11 is 0. The Labute approximate surface area is 115 Å². The lowest BCUT2D eigenvalue weighted by molar-refractivity contribution is 0.403. The molecule has 102 valence electrons. The number of hydrogen-bond acceptors (Lipinski definition) is 3. The molecule has 0 saturated carbocycles. The zero-order valence-corrected chi connectivity index (χ0v) is 11.0. The number of aromatic nitrogens is 1. The molecule has 2 rings (SSSR count). The molecule has 0 aliphatic carbocycles. The van der Waals surface area contributed by atoms with E-state index in [9.17, 15) is 8.78 Å². The quantitative estimate of drug-likeness (QED) is 0.941. The Morgan fingerprint density at radius 1 is 1.32 bits per heavy atom. The molecule has 0 amide bonds. The second-order valence-electron chi connectivity index (χ2n) is 3.82. The molecule has 19 heavy (non-hydrogen) atoms. The third kappa shape index (κ3) is 3.39. The van der Waals surface area contributed by atoms with Gasteiger partial charge in [0.15, 0.2) is 11.6 Å². The van der Waals surface area contributed by atoms with Gasteiger partial charge in [0.05, 0.1) is 0 Å². The van der Waals surface area contributed by atoms with Crippen molar-refractivity contribution >= 4 is 12.4 Å². The topological polar surface area (TPSA) is 48.1 Å². The van der Waals surface area contributed by atoms with Crippen LogP contribution in [0.2, 0.25) is 0 Å². The van der Waals surface area contributed by atoms with Crippen molar-refractivity contribution < 1.29 is 13.5 Å². The zero-order valence-electron chi connectivity index (χ0n) is 10.2. The standard InChI is InChI=1S/C13H12F2N2O.ClH/c1-8-5-9(6-16)7-17-13(8)18-11-4-2-3-10(14)12(11)15;/h2-5,7H,6,16H2,1H3;1H. The lowest BCUT2D eigenvalue weighted by Gasteiger charge is -2.09. The van der Waals surface area contributed by atoms with Crippen LogP contribution in [0.3, 0.4) is 0 Å². The summed E-state index contributed by atoms with van der Waals surface area (Å²) in [5.41, 5.74) is 7.03. The number of hydrogen-bond donors (Lipinski definition) is 1. The van der Waals surface area contributed by atoms with E-state index in [0.29, 0.717) is 12.1 Å². The van der Waals surface area contributed by atoms with E-state index in [0.717, 1.165) is 11.6 Å². The highest BCUT2D eigenvalue weighted by Crippen LogP contribution is 2.26. The third-order valence-corrected chi connectivity index (χ3v) is 2.45. The summed E-state index contributed by atoms with van der Waals surface area (Å²) in [4.78, 5) is 4.02. The molecule has 1 heterocycles. The van der Waals surface area contributed by atoms with Crippen LogP contribution >= 0.6 is 12.4 Å². The molecule has 1 aromatic carbocycles. The summed E-state index contributed by atoms with van der Waals surface area (Å²) in [6.45, 7) is 2.13. The molecular weight excluding hydrogens is 274 g/mol. The van der Waals surface area contributed by atoms with Crippen LogP contribution < -0.4 is 10.5 Å². The Hall–Kier alpha value is -1.72. The molecule has 6 heteroatoms. The zero-order chi connectivity index (χ0) is 13.1. The van der Waals surface area contributed by atoms with Gasteiger partial charge in [-0.2, -0.15) is 4.39 Å². The first-order valence-corrected chi connectivity index (χ1v) is 5.39. The molecule has 3 nitrogen and oxygen atoms in total. The Morgan fingerprint density at radius 2 is 2.05 bits per heavy atom. The van der Waals surface area contributed by atoms with Gasteiger partial charge >= 0.3 is 0 Å². The van der Waals surface area contributed by atoms with Crippen molar-refractivity contribution in [3.8, 4) is 11.6 Å². The molecule has 0 bridgehead atoms. The summed E-state index contributed by atoms with van der Waals surface area (Å²) in [5, 5.41) is 0. The predicted molar refractivity (Wildman–Crippen MR) is 70.5 cm³/mol. The molecule has 0 radical (unpaired) electrons. The maximum absolute atomic E-state index is 13.4. The van der Waals surface area contributed by atoms with Crippen molar-refractivity contribution in [3.05, 3.63) is 53.2 Å². The third-order valence-electron chi connectivity index (χ3n) is 2.45. The molecule has 0 aliphatic rings. The van der Waals surface area contributed by atoms with E-state index in [1.54, 1.807) is 19.2 Å². The lowest BCUT2D eigenvalue weighted by atomic mass is 10.2. The molecule has 0 saturated heterocycles. The second kappa shape index (κ2) is 6.45. The van der Waals surface area contributed by atoms with Crippen LogP contribution in [0.15, 0.2) is 30.5 Å². The number of rotatable bonds is 3. The highest BCUT2D eigenvalue weighted by Gasteiger charge is 2.11. The summed E-state index contributed by atoms with van der Waals surface area (Å²) in [6.07, 6.45) is 1.54. The minimum atomic E-state index is -1.03. The van der Waals surface area contributed by atoms with Crippen LogP contribution in [0.4, 0.5) is 8.78 Å². The summed E-state index contributed by atoms with van der Waals surface area (Å²) < 4.78 is 31.7. The molecule has 0 atom stereocenters. The largest absolute Gasteiger partial charge is 0.436 e. The number of pyridine rings is 1. The Bertz CT molecular complexity index is 579. The van der Waals surface area contributed by atoms with Crippen LogP contribution in [-0.4, -0.2) is 4.98 Å². The number of benzene rings is 1. The highest BCUT2D eigenvalue weighted by atomic mass is 35.5. The van der Waals surface area contributed by atoms with Crippen molar-refractivity contribution in [1.29, 1.82) is 0 Å². The maximum atomic E-state index is 13.4. The molecule has 1 aromatic heterocycles. The molecule has 0 aliphatic heterocycles. The molecule has 0 unspecified atom stereocenters. The van der Waals surface area contributed by atoms with Gasteiger partial charge in [0, 0.05) is 18.3 Å². The fraction of sp³-hybridized carbons (Fsp3) is 0.154. The van der Waals surface area contributed by atoms with Gasteiger partial charge in [-0.1, -0.05) is 6.07 Å². The van der Waals surface area contributed by atoms with Crippen LogP contribution in [0.1, 0.15) is 11.1 Å². The average molecular weight is 287 g/mol. The Kier molecular flexibility index (Phi) is 5.20. The molecule has 0 fully saturated rings. The van der Waals surface area contributed by atoms with Crippen LogP contribution in [0.25, 0.3) is 0 Å². The minimum Gasteiger partial charge on any atom is -0.436 e. The van der Waals surface area contributed by atoms with Gasteiger partial charge in [0.1, 0.15) is 0 Å². The van der Waals surface area contributed by atoms with E-state index in [4.69, 9.17) is 10.5 Å². The first-order valence-electron chi connectivity index (χ1n) is 5.39. The summed E-state index contributed by atoms with van der Waals surface area (Å²) in [5.74, 6) is -1.94. The number of nitrogens with zero attached hydrogens (tertiary/aromatic N) is 1. The molecule has 2 aromatic rings. The van der Waals surface area contributed by atoms with Crippen molar-refractivity contribution in [2.75, 3.05) is 0 Å². The SMILES string of the molecule is Cc1cc(CN)cnc1Oc1cccc(F)c1F.Cl. The van der Waals surface area contributed by atoms with Gasteiger partial charge in [-0.25, -0.2) is 9.37 Å². The van der Waals surface area contributed by atoms with Gasteiger partial charge in [0.2, 0.25) is 11.7 Å². The minimum absolute atomic E-state index is 0. The molecule has 2 N–H and O–H groups in total. The lowest BCUT2D eigenvalue weighted by Crippen LogP contribution is -2.00. The average Bonchev–Trinajstić information content (AvgIpc) is 2.37. The smallest absolute Gasteiger partial charge is 0.222 e. The van der Waals surface area contributed by atoms with Gasteiger partial charge in [0.25, 0.3) is 0 Å². The van der Waals surface area contributed by atoms with Gasteiger partial charge < -0.3 is 10.5 Å². The number of nitrogens with two attached hydrogens (primary N) is 1. The first-order chi connectivity index (χ1) is 8.61. The first kappa shape index (κ1) is 15.3. The summed E-state index contributed by atoms with van der Waals surface area (Å²) in [6, 6.07) is 5.53. The van der Waals surface area contributed by atoms with Gasteiger partial charge in [-0.3, -0.25) is 0 Å². The second-order valence-corrected chi connectivity index (χ2v) is 3.82. The van der Waals surface area contributed by atoms with E-state index >= 15 is 0 Å². The normalized spacial score (nSPS) is 9.89. The maximum Gasteiger partial charge on any atom is 0.222 e. The van der Waals surface area contributed by atoms with Crippen LogP contribution in [-0.2, 0) is 6.54 Å². The highest BCUT2D eigenvalue weighted by molar-refractivity contribution is 5.85. The molecular formula is C13H13ClF2N2O. The van der Waals surface area contributed by atoms with E-state index in [2.05, 4.69) is 4.98 Å². The Balaban J connectivity index is 0.00000180. The summed E-state index contributed by atoms with van der Waals surface area (Å²) in [7, 11) is 0. The fourth-order valence-corrected chi connectivity index (χ4v) is 1.51. The fourth-order valence-electron chi connectivity index (χ4n) is 1.51. The monoisotopic (exact) mass is 286 g/mol.